The number of hydrogen-bond acceptors (Lipinski definition) is 5. The monoisotopic (exact) mass is 262 g/mol. The van der Waals surface area contributed by atoms with Crippen LogP contribution in [0.15, 0.2) is 18.5 Å². The quantitative estimate of drug-likeness (QED) is 0.900. The molecule has 0 radical (unpaired) electrons. The molecule has 0 aliphatic rings. The average Bonchev–Trinajstić information content (AvgIpc) is 2.73. The van der Waals surface area contributed by atoms with E-state index in [9.17, 15) is 0 Å². The zero-order chi connectivity index (χ0) is 13.0. The van der Waals surface area contributed by atoms with Crippen molar-refractivity contribution in [2.75, 3.05) is 5.32 Å². The summed E-state index contributed by atoms with van der Waals surface area (Å²) in [7, 11) is 0. The van der Waals surface area contributed by atoms with Gasteiger partial charge in [0.05, 0.1) is 0 Å². The predicted molar refractivity (Wildman–Crippen MR) is 75.0 cm³/mol. The molecule has 0 fully saturated rings. The molecule has 1 unspecified atom stereocenters. The van der Waals surface area contributed by atoms with E-state index in [1.165, 1.54) is 9.75 Å². The standard InChI is InChI=1S/C13H18N4S/c1-9(4-6-12-7-5-10(2)18-12)16-13-15-8-14-11(3)17-13/h5,7-9H,4,6H2,1-3H3,(H,14,15,16,17). The molecule has 96 valence electrons. The Morgan fingerprint density at radius 1 is 1.28 bits per heavy atom. The highest BCUT2D eigenvalue weighted by atomic mass is 32.1. The second-order valence-electron chi connectivity index (χ2n) is 4.45. The first-order valence-corrected chi connectivity index (χ1v) is 6.92. The van der Waals surface area contributed by atoms with Gasteiger partial charge in [-0.2, -0.15) is 4.98 Å². The van der Waals surface area contributed by atoms with Crippen molar-refractivity contribution >= 4 is 17.3 Å². The Bertz CT molecular complexity index is 509. The number of aryl methyl sites for hydroxylation is 3. The van der Waals surface area contributed by atoms with E-state index in [-0.39, 0.29) is 0 Å². The molecule has 0 saturated heterocycles. The zero-order valence-corrected chi connectivity index (χ0v) is 11.8. The van der Waals surface area contributed by atoms with Gasteiger partial charge in [-0.05, 0) is 45.7 Å². The first-order chi connectivity index (χ1) is 8.63. The minimum absolute atomic E-state index is 0.356. The molecule has 1 N–H and O–H groups in total. The second kappa shape index (κ2) is 5.91. The van der Waals surface area contributed by atoms with Crippen molar-refractivity contribution in [3.63, 3.8) is 0 Å². The van der Waals surface area contributed by atoms with Gasteiger partial charge in [-0.25, -0.2) is 9.97 Å². The Hall–Kier alpha value is -1.49. The van der Waals surface area contributed by atoms with Gasteiger partial charge < -0.3 is 5.32 Å². The van der Waals surface area contributed by atoms with Crippen LogP contribution in [0.3, 0.4) is 0 Å². The topological polar surface area (TPSA) is 50.7 Å². The first-order valence-electron chi connectivity index (χ1n) is 6.11. The van der Waals surface area contributed by atoms with E-state index < -0.39 is 0 Å². The molecule has 0 aliphatic heterocycles. The van der Waals surface area contributed by atoms with Crippen molar-refractivity contribution in [1.82, 2.24) is 15.0 Å². The zero-order valence-electron chi connectivity index (χ0n) is 11.0. The van der Waals surface area contributed by atoms with Crippen LogP contribution >= 0.6 is 11.3 Å². The minimum atomic E-state index is 0.356. The molecule has 0 aliphatic carbocycles. The summed E-state index contributed by atoms with van der Waals surface area (Å²) in [6.45, 7) is 6.16. The summed E-state index contributed by atoms with van der Waals surface area (Å²) in [5.74, 6) is 1.41. The SMILES string of the molecule is Cc1ncnc(NC(C)CCc2ccc(C)s2)n1. The van der Waals surface area contributed by atoms with Crippen LogP contribution in [0.4, 0.5) is 5.95 Å². The Morgan fingerprint density at radius 2 is 2.11 bits per heavy atom. The van der Waals surface area contributed by atoms with Crippen molar-refractivity contribution in [3.8, 4) is 0 Å². The highest BCUT2D eigenvalue weighted by Crippen LogP contribution is 2.17. The van der Waals surface area contributed by atoms with Crippen LogP contribution in [-0.4, -0.2) is 21.0 Å². The summed E-state index contributed by atoms with van der Waals surface area (Å²) in [5, 5.41) is 3.30. The van der Waals surface area contributed by atoms with E-state index in [4.69, 9.17) is 0 Å². The maximum atomic E-state index is 4.24. The number of nitrogens with zero attached hydrogens (tertiary/aromatic N) is 3. The van der Waals surface area contributed by atoms with Crippen LogP contribution in [0.2, 0.25) is 0 Å². The molecule has 2 heterocycles. The summed E-state index contributed by atoms with van der Waals surface area (Å²) in [6, 6.07) is 4.74. The lowest BCUT2D eigenvalue weighted by molar-refractivity contribution is 0.701. The molecule has 0 aromatic carbocycles. The van der Waals surface area contributed by atoms with Gasteiger partial charge in [0.15, 0.2) is 0 Å². The van der Waals surface area contributed by atoms with Gasteiger partial charge in [0.1, 0.15) is 12.2 Å². The Labute approximate surface area is 112 Å². The fourth-order valence-corrected chi connectivity index (χ4v) is 2.62. The van der Waals surface area contributed by atoms with Crippen molar-refractivity contribution in [3.05, 3.63) is 34.0 Å². The van der Waals surface area contributed by atoms with Gasteiger partial charge in [0, 0.05) is 15.8 Å². The molecule has 0 saturated carbocycles. The lowest BCUT2D eigenvalue weighted by Crippen LogP contribution is -2.18. The molecule has 2 aromatic rings. The van der Waals surface area contributed by atoms with Crippen LogP contribution in [0.1, 0.15) is 28.9 Å². The van der Waals surface area contributed by atoms with Gasteiger partial charge in [0.2, 0.25) is 5.95 Å². The number of thiophene rings is 1. The molecule has 2 aromatic heterocycles. The van der Waals surface area contributed by atoms with E-state index in [1.54, 1.807) is 6.33 Å². The highest BCUT2D eigenvalue weighted by molar-refractivity contribution is 7.11. The number of aromatic nitrogens is 3. The molecule has 0 bridgehead atoms. The molecule has 1 atom stereocenters. The summed E-state index contributed by atoms with van der Waals surface area (Å²) >= 11 is 1.87. The van der Waals surface area contributed by atoms with E-state index in [0.29, 0.717) is 12.0 Å². The number of anilines is 1. The third kappa shape index (κ3) is 3.77. The minimum Gasteiger partial charge on any atom is -0.352 e. The average molecular weight is 262 g/mol. The number of nitrogens with one attached hydrogen (secondary N) is 1. The third-order valence-electron chi connectivity index (χ3n) is 2.69. The van der Waals surface area contributed by atoms with Gasteiger partial charge in [0.25, 0.3) is 0 Å². The predicted octanol–water partition coefficient (Wildman–Crippen LogP) is 2.98. The highest BCUT2D eigenvalue weighted by Gasteiger charge is 2.06. The number of rotatable bonds is 5. The fourth-order valence-electron chi connectivity index (χ4n) is 1.72. The number of hydrogen-bond donors (Lipinski definition) is 1. The molecule has 2 rings (SSSR count). The third-order valence-corrected chi connectivity index (χ3v) is 3.75. The lowest BCUT2D eigenvalue weighted by Gasteiger charge is -2.12. The van der Waals surface area contributed by atoms with Crippen molar-refractivity contribution in [1.29, 1.82) is 0 Å². The Morgan fingerprint density at radius 3 is 2.78 bits per heavy atom. The van der Waals surface area contributed by atoms with Crippen molar-refractivity contribution < 1.29 is 0 Å². The molecule has 0 amide bonds. The summed E-state index contributed by atoms with van der Waals surface area (Å²) in [4.78, 5) is 15.1. The van der Waals surface area contributed by atoms with Crippen molar-refractivity contribution in [2.45, 2.75) is 39.7 Å². The molecule has 18 heavy (non-hydrogen) atoms. The molecule has 0 spiro atoms. The van der Waals surface area contributed by atoms with Crippen LogP contribution < -0.4 is 5.32 Å². The van der Waals surface area contributed by atoms with Crippen LogP contribution in [-0.2, 0) is 6.42 Å². The first kappa shape index (κ1) is 13.0. The fraction of sp³-hybridized carbons (Fsp3) is 0.462. The summed E-state index contributed by atoms with van der Waals surface area (Å²) in [5.41, 5.74) is 0. The van der Waals surface area contributed by atoms with E-state index >= 15 is 0 Å². The van der Waals surface area contributed by atoms with Gasteiger partial charge >= 0.3 is 0 Å². The largest absolute Gasteiger partial charge is 0.352 e. The molecular formula is C13H18N4S. The van der Waals surface area contributed by atoms with Crippen LogP contribution in [0.5, 0.6) is 0 Å². The molecule has 4 nitrogen and oxygen atoms in total. The van der Waals surface area contributed by atoms with E-state index in [2.05, 4.69) is 46.2 Å². The van der Waals surface area contributed by atoms with Crippen molar-refractivity contribution in [2.24, 2.45) is 0 Å². The van der Waals surface area contributed by atoms with Gasteiger partial charge in [-0.3, -0.25) is 0 Å². The summed E-state index contributed by atoms with van der Waals surface area (Å²) in [6.07, 6.45) is 3.71. The Balaban J connectivity index is 1.83. The van der Waals surface area contributed by atoms with E-state index in [0.717, 1.165) is 18.7 Å². The second-order valence-corrected chi connectivity index (χ2v) is 5.83. The maximum absolute atomic E-state index is 4.24. The summed E-state index contributed by atoms with van der Waals surface area (Å²) < 4.78 is 0. The van der Waals surface area contributed by atoms with Gasteiger partial charge in [-0.15, -0.1) is 11.3 Å². The van der Waals surface area contributed by atoms with Gasteiger partial charge in [-0.1, -0.05) is 0 Å². The smallest absolute Gasteiger partial charge is 0.226 e. The van der Waals surface area contributed by atoms with Crippen LogP contribution in [0, 0.1) is 13.8 Å². The maximum Gasteiger partial charge on any atom is 0.226 e. The Kier molecular flexibility index (Phi) is 4.25. The molecule has 5 heteroatoms. The van der Waals surface area contributed by atoms with Crippen LogP contribution in [0.25, 0.3) is 0 Å². The normalized spacial score (nSPS) is 12.4. The lowest BCUT2D eigenvalue weighted by atomic mass is 10.1. The van der Waals surface area contributed by atoms with E-state index in [1.807, 2.05) is 18.3 Å². The molecular weight excluding hydrogens is 244 g/mol.